The molecule has 0 bridgehead atoms. The van der Waals surface area contributed by atoms with Gasteiger partial charge < -0.3 is 9.80 Å². The number of rotatable bonds is 4. The van der Waals surface area contributed by atoms with Crippen molar-refractivity contribution in [1.82, 2.24) is 0 Å². The van der Waals surface area contributed by atoms with Crippen LogP contribution in [0.4, 0.5) is 22.7 Å². The fraction of sp³-hybridized carbons (Fsp3) is 0.0952. The lowest BCUT2D eigenvalue weighted by molar-refractivity contribution is 0.745. The molecule has 2 aliphatic heterocycles. The molecule has 0 spiro atoms. The number of hydrogen-bond acceptors (Lipinski definition) is 2. The highest BCUT2D eigenvalue weighted by atomic mass is 15.2. The first kappa shape index (κ1) is 25.2. The van der Waals surface area contributed by atoms with Gasteiger partial charge >= 0.3 is 0 Å². The summed E-state index contributed by atoms with van der Waals surface area (Å²) in [5.74, 6) is 0.701. The molecule has 0 N–H and O–H groups in total. The van der Waals surface area contributed by atoms with Crippen LogP contribution in [0.2, 0.25) is 0 Å². The van der Waals surface area contributed by atoms with Crippen molar-refractivity contribution in [2.24, 2.45) is 0 Å². The molecule has 5 aromatic rings. The van der Waals surface area contributed by atoms with Crippen molar-refractivity contribution in [3.63, 3.8) is 0 Å². The van der Waals surface area contributed by atoms with E-state index in [4.69, 9.17) is 0 Å². The predicted octanol–water partition coefficient (Wildman–Crippen LogP) is 10.5. The quantitative estimate of drug-likeness (QED) is 0.214. The van der Waals surface area contributed by atoms with E-state index in [1.54, 1.807) is 0 Å². The summed E-state index contributed by atoms with van der Waals surface area (Å²) in [6, 6.07) is 45.3. The largest absolute Gasteiger partial charge is 0.333 e. The summed E-state index contributed by atoms with van der Waals surface area (Å²) in [6.07, 6.45) is 18.1. The second-order valence-corrected chi connectivity index (χ2v) is 12.1. The highest BCUT2D eigenvalue weighted by Gasteiger charge is 2.38. The highest BCUT2D eigenvalue weighted by molar-refractivity contribution is 5.82. The number of hydrogen-bond donors (Lipinski definition) is 0. The van der Waals surface area contributed by atoms with E-state index in [2.05, 4.69) is 180 Å². The van der Waals surface area contributed by atoms with Gasteiger partial charge in [0.2, 0.25) is 0 Å². The Morgan fingerprint density at radius 1 is 0.364 bits per heavy atom. The zero-order chi connectivity index (χ0) is 29.0. The minimum atomic E-state index is 0.307. The summed E-state index contributed by atoms with van der Waals surface area (Å²) in [6.45, 7) is 0. The van der Waals surface area contributed by atoms with Gasteiger partial charge in [-0.25, -0.2) is 0 Å². The van der Waals surface area contributed by atoms with Crippen LogP contribution in [0.3, 0.4) is 0 Å². The van der Waals surface area contributed by atoms with Crippen LogP contribution in [0, 0.1) is 0 Å². The Morgan fingerprint density at radius 2 is 0.750 bits per heavy atom. The molecule has 210 valence electrons. The summed E-state index contributed by atoms with van der Waals surface area (Å²) >= 11 is 0. The van der Waals surface area contributed by atoms with E-state index in [9.17, 15) is 0 Å². The highest BCUT2D eigenvalue weighted by Crippen LogP contribution is 2.50. The number of allylic oxidation sites excluding steroid dienone is 4. The molecule has 2 nitrogen and oxygen atoms in total. The van der Waals surface area contributed by atoms with Crippen LogP contribution in [0.25, 0.3) is 22.3 Å². The third kappa shape index (κ3) is 3.95. The zero-order valence-electron chi connectivity index (χ0n) is 24.4. The third-order valence-corrected chi connectivity index (χ3v) is 9.72. The lowest BCUT2D eigenvalue weighted by Crippen LogP contribution is -2.28. The molecule has 0 radical (unpaired) electrons. The second-order valence-electron chi connectivity index (χ2n) is 12.1. The summed E-state index contributed by atoms with van der Waals surface area (Å²) in [7, 11) is 0. The summed E-state index contributed by atoms with van der Waals surface area (Å²) < 4.78 is 0. The molecule has 9 rings (SSSR count). The van der Waals surface area contributed by atoms with E-state index in [-0.39, 0.29) is 0 Å². The first-order chi connectivity index (χ1) is 21.8. The van der Waals surface area contributed by atoms with Crippen molar-refractivity contribution in [3.8, 4) is 22.3 Å². The van der Waals surface area contributed by atoms with Crippen LogP contribution in [0.5, 0.6) is 0 Å². The van der Waals surface area contributed by atoms with Crippen LogP contribution >= 0.6 is 0 Å². The summed E-state index contributed by atoms with van der Waals surface area (Å²) in [5, 5.41) is 0. The van der Waals surface area contributed by atoms with Crippen molar-refractivity contribution in [1.29, 1.82) is 0 Å². The normalized spacial score (nSPS) is 22.1. The molecule has 0 aromatic heterocycles. The average molecular weight is 565 g/mol. The lowest BCUT2D eigenvalue weighted by atomic mass is 9.89. The first-order valence-electron chi connectivity index (χ1n) is 15.6. The Bertz CT molecular complexity index is 1840. The molecule has 4 atom stereocenters. The van der Waals surface area contributed by atoms with E-state index in [1.165, 1.54) is 56.1 Å². The van der Waals surface area contributed by atoms with Crippen molar-refractivity contribution < 1.29 is 0 Å². The fourth-order valence-corrected chi connectivity index (χ4v) is 7.68. The number of nitrogens with zero attached hydrogens (tertiary/aromatic N) is 2. The van der Waals surface area contributed by atoms with E-state index in [0.29, 0.717) is 23.9 Å². The van der Waals surface area contributed by atoms with Crippen LogP contribution in [0.1, 0.15) is 23.0 Å². The monoisotopic (exact) mass is 564 g/mol. The van der Waals surface area contributed by atoms with E-state index in [1.807, 2.05) is 0 Å². The standard InChI is InChI=1S/C42H32N2/c1-3-11-33(12-4-1)43-39-17-9-7-15-35(39)37-27-31(23-25-41(37)43)29-19-21-30(22-20-29)32-24-26-42-38(28-32)36-16-8-10-18-40(36)44(42)34-13-5-2-6-14-34/h1-28,35-36,39-40H. The van der Waals surface area contributed by atoms with E-state index < -0.39 is 0 Å². The maximum absolute atomic E-state index is 2.49. The van der Waals surface area contributed by atoms with Crippen molar-refractivity contribution in [2.75, 3.05) is 9.80 Å². The SMILES string of the molecule is C1=CC2c3cc(-c4ccc(-c5ccc6c(c5)C5C=CC=CC5N6c5ccccc5)cc4)ccc3N(c3ccccc3)C2C=C1. The molecular formula is C42H32N2. The van der Waals surface area contributed by atoms with Gasteiger partial charge in [0.1, 0.15) is 0 Å². The molecular weight excluding hydrogens is 532 g/mol. The summed E-state index contributed by atoms with van der Waals surface area (Å²) in [4.78, 5) is 4.98. The van der Waals surface area contributed by atoms with Crippen LogP contribution in [-0.4, -0.2) is 12.1 Å². The predicted molar refractivity (Wildman–Crippen MR) is 184 cm³/mol. The molecule has 44 heavy (non-hydrogen) atoms. The molecule has 0 fully saturated rings. The lowest BCUT2D eigenvalue weighted by Gasteiger charge is -2.28. The Morgan fingerprint density at radius 3 is 1.18 bits per heavy atom. The molecule has 2 aliphatic carbocycles. The third-order valence-electron chi connectivity index (χ3n) is 9.72. The molecule has 0 amide bonds. The minimum absolute atomic E-state index is 0.307. The molecule has 4 aliphatic rings. The van der Waals surface area contributed by atoms with E-state index in [0.717, 1.165) is 0 Å². The zero-order valence-corrected chi connectivity index (χ0v) is 24.4. The van der Waals surface area contributed by atoms with Crippen LogP contribution < -0.4 is 9.80 Å². The van der Waals surface area contributed by atoms with Gasteiger partial charge in [-0.3, -0.25) is 0 Å². The Kier molecular flexibility index (Phi) is 5.80. The smallest absolute Gasteiger partial charge is 0.0629 e. The molecule has 5 aromatic carbocycles. The summed E-state index contributed by atoms with van der Waals surface area (Å²) in [5.41, 5.74) is 12.9. The number of anilines is 4. The van der Waals surface area contributed by atoms with Gasteiger partial charge in [-0.15, -0.1) is 0 Å². The Balaban J connectivity index is 1.04. The van der Waals surface area contributed by atoms with Gasteiger partial charge in [0, 0.05) is 34.6 Å². The topological polar surface area (TPSA) is 6.48 Å². The number of fused-ring (bicyclic) bond motifs is 6. The van der Waals surface area contributed by atoms with Crippen LogP contribution in [-0.2, 0) is 0 Å². The second kappa shape index (κ2) is 10.1. The van der Waals surface area contributed by atoms with Crippen LogP contribution in [0.15, 0.2) is 170 Å². The van der Waals surface area contributed by atoms with E-state index >= 15 is 0 Å². The maximum atomic E-state index is 2.49. The van der Waals surface area contributed by atoms with Crippen molar-refractivity contribution in [3.05, 3.63) is 181 Å². The molecule has 4 unspecified atom stereocenters. The van der Waals surface area contributed by atoms with Gasteiger partial charge in [-0.1, -0.05) is 121 Å². The van der Waals surface area contributed by atoms with Gasteiger partial charge in [0.15, 0.2) is 0 Å². The Hall–Kier alpha value is -5.34. The molecule has 2 heterocycles. The van der Waals surface area contributed by atoms with Gasteiger partial charge in [0.25, 0.3) is 0 Å². The molecule has 0 saturated heterocycles. The number of benzene rings is 5. The average Bonchev–Trinajstić information content (AvgIpc) is 3.61. The molecule has 0 saturated carbocycles. The maximum Gasteiger partial charge on any atom is 0.0629 e. The minimum Gasteiger partial charge on any atom is -0.333 e. The van der Waals surface area contributed by atoms with Gasteiger partial charge in [-0.2, -0.15) is 0 Å². The fourth-order valence-electron chi connectivity index (χ4n) is 7.68. The van der Waals surface area contributed by atoms with Crippen molar-refractivity contribution in [2.45, 2.75) is 23.9 Å². The number of para-hydroxylation sites is 2. The van der Waals surface area contributed by atoms with Crippen molar-refractivity contribution >= 4 is 22.7 Å². The Labute approximate surface area is 259 Å². The first-order valence-corrected chi connectivity index (χ1v) is 15.6. The van der Waals surface area contributed by atoms with Gasteiger partial charge in [0.05, 0.1) is 12.1 Å². The van der Waals surface area contributed by atoms with Gasteiger partial charge in [-0.05, 0) is 81.9 Å². The molecule has 2 heteroatoms.